The number of nitrogens with two attached hydrogens (primary N) is 1. The number of hydrogen-bond donors (Lipinski definition) is 4. The molecule has 1 aromatic rings. The predicted octanol–water partition coefficient (Wildman–Crippen LogP) is -1.04. The van der Waals surface area contributed by atoms with Crippen LogP contribution in [0.1, 0.15) is 18.1 Å². The molecule has 0 unspecified atom stereocenters. The normalized spacial score (nSPS) is 15.8. The molecule has 124 valence electrons. The highest BCUT2D eigenvalue weighted by atomic mass is 32.2. The van der Waals surface area contributed by atoms with E-state index in [4.69, 9.17) is 5.73 Å². The van der Waals surface area contributed by atoms with Gasteiger partial charge < -0.3 is 21.3 Å². The van der Waals surface area contributed by atoms with Crippen LogP contribution in [0.15, 0.2) is 30.3 Å². The van der Waals surface area contributed by atoms with Gasteiger partial charge in [-0.05, 0) is 12.0 Å². The third kappa shape index (κ3) is 6.10. The minimum atomic E-state index is -3.20. The van der Waals surface area contributed by atoms with Crippen molar-refractivity contribution in [2.45, 2.75) is 24.6 Å². The molecule has 7 nitrogen and oxygen atoms in total. The summed E-state index contributed by atoms with van der Waals surface area (Å²) in [6.45, 7) is -0.472. The molecule has 0 saturated carbocycles. The van der Waals surface area contributed by atoms with Crippen molar-refractivity contribution in [1.29, 1.82) is 0 Å². The first kappa shape index (κ1) is 18.6. The first-order valence-corrected chi connectivity index (χ1v) is 8.88. The number of nitrogens with one attached hydrogen (secondary N) is 1. The fourth-order valence-corrected chi connectivity index (χ4v) is 2.55. The van der Waals surface area contributed by atoms with Crippen molar-refractivity contribution in [1.82, 2.24) is 5.32 Å². The van der Waals surface area contributed by atoms with E-state index in [9.17, 15) is 23.4 Å². The number of aliphatic hydroxyl groups is 2. The van der Waals surface area contributed by atoms with E-state index < -0.39 is 40.5 Å². The van der Waals surface area contributed by atoms with Crippen LogP contribution in [0.2, 0.25) is 0 Å². The predicted molar refractivity (Wildman–Crippen MR) is 82.7 cm³/mol. The lowest BCUT2D eigenvalue weighted by molar-refractivity contribution is -0.124. The van der Waals surface area contributed by atoms with Crippen LogP contribution < -0.4 is 11.1 Å². The number of carbonyl (C=O) groups excluding carboxylic acids is 1. The average Bonchev–Trinajstić information content (AvgIpc) is 2.49. The maximum Gasteiger partial charge on any atom is 0.237 e. The van der Waals surface area contributed by atoms with Gasteiger partial charge in [0.25, 0.3) is 0 Å². The van der Waals surface area contributed by atoms with Crippen LogP contribution in [0.25, 0.3) is 0 Å². The maximum atomic E-state index is 11.9. The van der Waals surface area contributed by atoms with Gasteiger partial charge in [0.15, 0.2) is 0 Å². The minimum absolute atomic E-state index is 0.0236. The molecular formula is C14H22N2O5S. The van der Waals surface area contributed by atoms with Gasteiger partial charge in [-0.1, -0.05) is 30.3 Å². The van der Waals surface area contributed by atoms with Crippen molar-refractivity contribution in [3.05, 3.63) is 35.9 Å². The fourth-order valence-electron chi connectivity index (χ4n) is 1.87. The van der Waals surface area contributed by atoms with E-state index in [1.165, 1.54) is 0 Å². The zero-order valence-corrected chi connectivity index (χ0v) is 13.2. The van der Waals surface area contributed by atoms with Crippen LogP contribution in [-0.2, 0) is 14.6 Å². The number of hydrogen-bond acceptors (Lipinski definition) is 6. The summed E-state index contributed by atoms with van der Waals surface area (Å²) in [4.78, 5) is 11.9. The molecule has 0 fully saturated rings. The smallest absolute Gasteiger partial charge is 0.237 e. The average molecular weight is 330 g/mol. The molecule has 3 atom stereocenters. The Hall–Kier alpha value is -1.48. The highest BCUT2D eigenvalue weighted by Crippen LogP contribution is 2.16. The Kier molecular flexibility index (Phi) is 6.95. The largest absolute Gasteiger partial charge is 0.394 e. The number of carbonyl (C=O) groups is 1. The number of rotatable bonds is 8. The van der Waals surface area contributed by atoms with Crippen LogP contribution in [0.4, 0.5) is 0 Å². The van der Waals surface area contributed by atoms with E-state index in [1.807, 2.05) is 0 Å². The van der Waals surface area contributed by atoms with Crippen LogP contribution in [0, 0.1) is 0 Å². The van der Waals surface area contributed by atoms with Gasteiger partial charge in [-0.3, -0.25) is 4.79 Å². The zero-order valence-electron chi connectivity index (χ0n) is 12.3. The summed E-state index contributed by atoms with van der Waals surface area (Å²) in [5.74, 6) is -0.815. The number of benzene rings is 1. The molecule has 0 aliphatic carbocycles. The van der Waals surface area contributed by atoms with Gasteiger partial charge >= 0.3 is 0 Å². The summed E-state index contributed by atoms with van der Waals surface area (Å²) in [5.41, 5.74) is 6.17. The van der Waals surface area contributed by atoms with Crippen molar-refractivity contribution < 1.29 is 23.4 Å². The Balaban J connectivity index is 2.63. The molecular weight excluding hydrogens is 308 g/mol. The van der Waals surface area contributed by atoms with Gasteiger partial charge in [0.1, 0.15) is 15.9 Å². The van der Waals surface area contributed by atoms with Crippen molar-refractivity contribution in [3.63, 3.8) is 0 Å². The van der Waals surface area contributed by atoms with Crippen LogP contribution in [0.3, 0.4) is 0 Å². The highest BCUT2D eigenvalue weighted by molar-refractivity contribution is 7.90. The summed E-state index contributed by atoms with van der Waals surface area (Å²) in [6, 6.07) is 6.64. The van der Waals surface area contributed by atoms with Gasteiger partial charge in [0.05, 0.1) is 24.4 Å². The second kappa shape index (κ2) is 8.23. The maximum absolute atomic E-state index is 11.9. The summed E-state index contributed by atoms with van der Waals surface area (Å²) in [6.07, 6.45) is -0.0466. The molecule has 1 aromatic carbocycles. The van der Waals surface area contributed by atoms with E-state index in [0.717, 1.165) is 6.26 Å². The first-order valence-electron chi connectivity index (χ1n) is 6.82. The molecule has 22 heavy (non-hydrogen) atoms. The third-order valence-electron chi connectivity index (χ3n) is 3.18. The molecule has 0 spiro atoms. The van der Waals surface area contributed by atoms with Gasteiger partial charge in [0.2, 0.25) is 5.91 Å². The number of amides is 1. The van der Waals surface area contributed by atoms with Gasteiger partial charge in [-0.25, -0.2) is 8.42 Å². The topological polar surface area (TPSA) is 130 Å². The van der Waals surface area contributed by atoms with Gasteiger partial charge in [-0.2, -0.15) is 0 Å². The van der Waals surface area contributed by atoms with Crippen LogP contribution in [0.5, 0.6) is 0 Å². The lowest BCUT2D eigenvalue weighted by Crippen LogP contribution is -2.49. The molecule has 0 radical (unpaired) electrons. The fraction of sp³-hybridized carbons (Fsp3) is 0.500. The molecule has 0 aliphatic heterocycles. The highest BCUT2D eigenvalue weighted by Gasteiger charge is 2.25. The van der Waals surface area contributed by atoms with Gasteiger partial charge in [0, 0.05) is 6.26 Å². The molecule has 5 N–H and O–H groups in total. The monoisotopic (exact) mass is 330 g/mol. The van der Waals surface area contributed by atoms with E-state index >= 15 is 0 Å². The van der Waals surface area contributed by atoms with E-state index in [-0.39, 0.29) is 12.2 Å². The van der Waals surface area contributed by atoms with Crippen molar-refractivity contribution >= 4 is 15.7 Å². The lowest BCUT2D eigenvalue weighted by atomic mass is 10.0. The molecule has 1 rings (SSSR count). The molecule has 1 amide bonds. The zero-order chi connectivity index (χ0) is 16.8. The van der Waals surface area contributed by atoms with Crippen molar-refractivity contribution in [2.24, 2.45) is 5.73 Å². The Morgan fingerprint density at radius 1 is 1.32 bits per heavy atom. The summed E-state index contributed by atoms with van der Waals surface area (Å²) < 4.78 is 22.1. The second-order valence-corrected chi connectivity index (χ2v) is 7.44. The van der Waals surface area contributed by atoms with Crippen molar-refractivity contribution in [2.75, 3.05) is 18.6 Å². The second-order valence-electron chi connectivity index (χ2n) is 5.18. The SMILES string of the molecule is CS(=O)(=O)CC[C@H](N)C(=O)N[C@H](CO)[C@H](O)c1ccccc1. The Bertz CT molecular complexity index is 576. The standard InChI is InChI=1S/C14H22N2O5S/c1-22(20,21)8-7-11(15)14(19)16-12(9-17)13(18)10-5-3-2-4-6-10/h2-6,11-13,17-18H,7-9,15H2,1H3,(H,16,19)/t11-,12+,13+/m0/s1. The molecule has 0 aromatic heterocycles. The van der Waals surface area contributed by atoms with Crippen LogP contribution in [-0.4, -0.2) is 55.2 Å². The number of sulfone groups is 1. The Morgan fingerprint density at radius 2 is 1.91 bits per heavy atom. The van der Waals surface area contributed by atoms with E-state index in [1.54, 1.807) is 30.3 Å². The molecule has 8 heteroatoms. The minimum Gasteiger partial charge on any atom is -0.394 e. The Labute approximate surface area is 130 Å². The molecule has 0 aliphatic rings. The quantitative estimate of drug-likeness (QED) is 0.482. The van der Waals surface area contributed by atoms with Crippen molar-refractivity contribution in [3.8, 4) is 0 Å². The first-order chi connectivity index (χ1) is 10.2. The van der Waals surface area contributed by atoms with E-state index in [0.29, 0.717) is 5.56 Å². The molecule has 0 heterocycles. The van der Waals surface area contributed by atoms with E-state index in [2.05, 4.69) is 5.32 Å². The summed E-state index contributed by atoms with van der Waals surface area (Å²) >= 11 is 0. The number of aliphatic hydroxyl groups excluding tert-OH is 2. The molecule has 0 bridgehead atoms. The van der Waals surface area contributed by atoms with Gasteiger partial charge in [-0.15, -0.1) is 0 Å². The third-order valence-corrected chi connectivity index (χ3v) is 4.16. The van der Waals surface area contributed by atoms with Crippen LogP contribution >= 0.6 is 0 Å². The summed E-state index contributed by atoms with van der Waals surface area (Å²) in [5, 5.41) is 21.9. The lowest BCUT2D eigenvalue weighted by Gasteiger charge is -2.24. The Morgan fingerprint density at radius 3 is 2.41 bits per heavy atom. The molecule has 0 saturated heterocycles. The summed E-state index contributed by atoms with van der Waals surface area (Å²) in [7, 11) is -3.20.